The zero-order valence-electron chi connectivity index (χ0n) is 13.1. The van der Waals surface area contributed by atoms with Gasteiger partial charge in [-0.15, -0.1) is 11.3 Å². The van der Waals surface area contributed by atoms with Gasteiger partial charge in [-0.2, -0.15) is 0 Å². The molecule has 4 heteroatoms. The van der Waals surface area contributed by atoms with E-state index >= 15 is 0 Å². The Morgan fingerprint density at radius 1 is 1.29 bits per heavy atom. The molecule has 1 aromatic heterocycles. The lowest BCUT2D eigenvalue weighted by atomic mass is 10.0. The highest BCUT2D eigenvalue weighted by atomic mass is 32.1. The summed E-state index contributed by atoms with van der Waals surface area (Å²) in [4.78, 5) is 4.60. The second-order valence-corrected chi connectivity index (χ2v) is 6.01. The van der Waals surface area contributed by atoms with Crippen LogP contribution < -0.4 is 10.1 Å². The summed E-state index contributed by atoms with van der Waals surface area (Å²) in [6.07, 6.45) is 2.02. The van der Waals surface area contributed by atoms with Crippen LogP contribution in [0.3, 0.4) is 0 Å². The minimum absolute atomic E-state index is 0.248. The van der Waals surface area contributed by atoms with Gasteiger partial charge < -0.3 is 10.1 Å². The van der Waals surface area contributed by atoms with Gasteiger partial charge in [-0.3, -0.25) is 0 Å². The van der Waals surface area contributed by atoms with Crippen LogP contribution in [0.15, 0.2) is 29.6 Å². The summed E-state index contributed by atoms with van der Waals surface area (Å²) in [5, 5.41) is 6.91. The highest BCUT2D eigenvalue weighted by Gasteiger charge is 2.17. The van der Waals surface area contributed by atoms with Crippen LogP contribution in [0, 0.1) is 6.92 Å². The van der Waals surface area contributed by atoms with Crippen molar-refractivity contribution in [1.82, 2.24) is 10.3 Å². The molecule has 0 saturated heterocycles. The third kappa shape index (κ3) is 4.55. The molecule has 0 aliphatic heterocycles. The lowest BCUT2D eigenvalue weighted by Crippen LogP contribution is -2.24. The summed E-state index contributed by atoms with van der Waals surface area (Å²) < 4.78 is 5.78. The van der Waals surface area contributed by atoms with Gasteiger partial charge in [0, 0.05) is 29.1 Å². The first kappa shape index (κ1) is 16.0. The molecule has 0 aliphatic carbocycles. The third-order valence-corrected chi connectivity index (χ3v) is 4.27. The number of hydrogen-bond donors (Lipinski definition) is 1. The number of aryl methyl sites for hydroxylation is 1. The molecule has 0 saturated carbocycles. The number of ether oxygens (including phenoxy) is 1. The van der Waals surface area contributed by atoms with Crippen LogP contribution in [-0.2, 0) is 6.42 Å². The van der Waals surface area contributed by atoms with E-state index in [1.165, 1.54) is 10.6 Å². The van der Waals surface area contributed by atoms with Crippen LogP contribution in [0.4, 0.5) is 0 Å². The van der Waals surface area contributed by atoms with E-state index in [2.05, 4.69) is 34.7 Å². The third-order valence-electron chi connectivity index (χ3n) is 3.28. The molecular weight excluding hydrogens is 280 g/mol. The maximum Gasteiger partial charge on any atom is 0.124 e. The molecule has 114 valence electrons. The van der Waals surface area contributed by atoms with Gasteiger partial charge in [0.25, 0.3) is 0 Å². The molecule has 1 heterocycles. The van der Waals surface area contributed by atoms with Crippen molar-refractivity contribution >= 4 is 11.3 Å². The highest BCUT2D eigenvalue weighted by Crippen LogP contribution is 2.28. The van der Waals surface area contributed by atoms with E-state index < -0.39 is 0 Å². The van der Waals surface area contributed by atoms with Crippen LogP contribution in [-0.4, -0.2) is 18.1 Å². The summed E-state index contributed by atoms with van der Waals surface area (Å²) >= 11 is 1.73. The zero-order chi connectivity index (χ0) is 15.1. The van der Waals surface area contributed by atoms with Gasteiger partial charge in [-0.1, -0.05) is 25.1 Å². The molecule has 1 N–H and O–H groups in total. The van der Waals surface area contributed by atoms with Crippen molar-refractivity contribution in [2.45, 2.75) is 39.7 Å². The first-order valence-corrected chi connectivity index (χ1v) is 8.48. The van der Waals surface area contributed by atoms with Gasteiger partial charge in [-0.25, -0.2) is 4.98 Å². The summed E-state index contributed by atoms with van der Waals surface area (Å²) in [5.74, 6) is 0.974. The van der Waals surface area contributed by atoms with Crippen molar-refractivity contribution in [3.05, 3.63) is 45.9 Å². The minimum Gasteiger partial charge on any atom is -0.494 e. The predicted octanol–water partition coefficient (Wildman–Crippen LogP) is 4.13. The Morgan fingerprint density at radius 2 is 2.10 bits per heavy atom. The second-order valence-electron chi connectivity index (χ2n) is 5.06. The van der Waals surface area contributed by atoms with Crippen LogP contribution in [0.25, 0.3) is 0 Å². The van der Waals surface area contributed by atoms with Crippen molar-refractivity contribution in [3.63, 3.8) is 0 Å². The first-order chi connectivity index (χ1) is 10.2. The lowest BCUT2D eigenvalue weighted by Gasteiger charge is -2.21. The van der Waals surface area contributed by atoms with Crippen molar-refractivity contribution in [2.24, 2.45) is 0 Å². The van der Waals surface area contributed by atoms with Gasteiger partial charge in [0.2, 0.25) is 0 Å². The van der Waals surface area contributed by atoms with Gasteiger partial charge in [-0.05, 0) is 32.9 Å². The molecule has 1 unspecified atom stereocenters. The Hall–Kier alpha value is -1.39. The van der Waals surface area contributed by atoms with E-state index in [1.54, 1.807) is 11.3 Å². The molecule has 0 radical (unpaired) electrons. The number of aromatic nitrogens is 1. The molecule has 2 rings (SSSR count). The number of rotatable bonds is 8. The van der Waals surface area contributed by atoms with E-state index in [-0.39, 0.29) is 6.04 Å². The molecule has 21 heavy (non-hydrogen) atoms. The van der Waals surface area contributed by atoms with E-state index in [0.29, 0.717) is 6.61 Å². The molecular formula is C17H24N2OS. The number of nitrogens with one attached hydrogen (secondary N) is 1. The number of nitrogens with zero attached hydrogens (tertiary/aromatic N) is 1. The highest BCUT2D eigenvalue weighted by molar-refractivity contribution is 7.09. The Morgan fingerprint density at radius 3 is 2.76 bits per heavy atom. The topological polar surface area (TPSA) is 34.2 Å². The molecule has 0 amide bonds. The number of benzene rings is 1. The fraction of sp³-hybridized carbons (Fsp3) is 0.471. The van der Waals surface area contributed by atoms with Crippen molar-refractivity contribution < 1.29 is 4.74 Å². The van der Waals surface area contributed by atoms with Crippen molar-refractivity contribution in [1.29, 1.82) is 0 Å². The van der Waals surface area contributed by atoms with Crippen LogP contribution >= 0.6 is 11.3 Å². The largest absolute Gasteiger partial charge is 0.494 e. The van der Waals surface area contributed by atoms with Gasteiger partial charge in [0.15, 0.2) is 0 Å². The Kier molecular flexibility index (Phi) is 6.21. The number of para-hydroxylation sites is 1. The standard InChI is InChI=1S/C17H24N2OS/c1-4-10-18-15(11-17-19-13(3)12-21-17)14-8-6-7-9-16(14)20-5-2/h6-9,12,15,18H,4-5,10-11H2,1-3H3. The maximum absolute atomic E-state index is 5.78. The SMILES string of the molecule is CCCNC(Cc1nc(C)cs1)c1ccccc1OCC. The summed E-state index contributed by atoms with van der Waals surface area (Å²) in [6, 6.07) is 8.55. The van der Waals surface area contributed by atoms with E-state index in [9.17, 15) is 0 Å². The normalized spacial score (nSPS) is 12.3. The van der Waals surface area contributed by atoms with E-state index in [1.807, 2.05) is 26.0 Å². The van der Waals surface area contributed by atoms with Crippen LogP contribution in [0.1, 0.15) is 42.6 Å². The van der Waals surface area contributed by atoms with E-state index in [4.69, 9.17) is 4.74 Å². The first-order valence-electron chi connectivity index (χ1n) is 7.60. The number of hydrogen-bond acceptors (Lipinski definition) is 4. The molecule has 1 aromatic carbocycles. The Bertz CT molecular complexity index is 553. The molecule has 0 bridgehead atoms. The Labute approximate surface area is 131 Å². The van der Waals surface area contributed by atoms with Crippen LogP contribution in [0.5, 0.6) is 5.75 Å². The van der Waals surface area contributed by atoms with E-state index in [0.717, 1.165) is 30.8 Å². The fourth-order valence-corrected chi connectivity index (χ4v) is 3.16. The lowest BCUT2D eigenvalue weighted by molar-refractivity contribution is 0.331. The smallest absolute Gasteiger partial charge is 0.124 e. The monoisotopic (exact) mass is 304 g/mol. The minimum atomic E-state index is 0.248. The van der Waals surface area contributed by atoms with Gasteiger partial charge >= 0.3 is 0 Å². The quantitative estimate of drug-likeness (QED) is 0.796. The van der Waals surface area contributed by atoms with Gasteiger partial charge in [0.1, 0.15) is 5.75 Å². The molecule has 0 aliphatic rings. The summed E-state index contributed by atoms with van der Waals surface area (Å²) in [5.41, 5.74) is 2.32. The van der Waals surface area contributed by atoms with Gasteiger partial charge in [0.05, 0.1) is 11.6 Å². The van der Waals surface area contributed by atoms with Crippen LogP contribution in [0.2, 0.25) is 0 Å². The predicted molar refractivity (Wildman–Crippen MR) is 89.2 cm³/mol. The average Bonchev–Trinajstić information content (AvgIpc) is 2.90. The molecule has 0 spiro atoms. The second kappa shape index (κ2) is 8.15. The van der Waals surface area contributed by atoms with Crippen molar-refractivity contribution in [3.8, 4) is 5.75 Å². The Balaban J connectivity index is 2.22. The zero-order valence-corrected chi connectivity index (χ0v) is 13.9. The molecule has 2 aromatic rings. The maximum atomic E-state index is 5.78. The van der Waals surface area contributed by atoms with Crippen molar-refractivity contribution in [2.75, 3.05) is 13.2 Å². The average molecular weight is 304 g/mol. The summed E-state index contributed by atoms with van der Waals surface area (Å²) in [7, 11) is 0. The molecule has 1 atom stereocenters. The molecule has 3 nitrogen and oxygen atoms in total. The fourth-order valence-electron chi connectivity index (χ4n) is 2.34. The molecule has 0 fully saturated rings. The number of thiazole rings is 1. The summed E-state index contributed by atoms with van der Waals surface area (Å²) in [6.45, 7) is 7.94.